The fourth-order valence-corrected chi connectivity index (χ4v) is 4.96. The first-order valence-electron chi connectivity index (χ1n) is 13.3. The van der Waals surface area contributed by atoms with Crippen LogP contribution in [0.3, 0.4) is 0 Å². The molecule has 0 N–H and O–H groups in total. The fraction of sp³-hybridized carbons (Fsp3) is 0.379. The summed E-state index contributed by atoms with van der Waals surface area (Å²) in [5, 5.41) is 6.82. The van der Waals surface area contributed by atoms with Gasteiger partial charge in [0, 0.05) is 42.6 Å². The number of ether oxygens (including phenoxy) is 1. The number of halogens is 2. The van der Waals surface area contributed by atoms with Gasteiger partial charge >= 0.3 is 0 Å². The number of hydrogen-bond acceptors (Lipinski definition) is 6. The number of amides is 1. The van der Waals surface area contributed by atoms with Crippen LogP contribution in [0, 0.1) is 5.92 Å². The van der Waals surface area contributed by atoms with Gasteiger partial charge in [-0.1, -0.05) is 43.1 Å². The van der Waals surface area contributed by atoms with Gasteiger partial charge in [0.15, 0.2) is 12.3 Å². The van der Waals surface area contributed by atoms with Crippen molar-refractivity contribution in [2.24, 2.45) is 5.92 Å². The molecule has 0 bridgehead atoms. The van der Waals surface area contributed by atoms with Crippen LogP contribution in [-0.2, 0) is 11.2 Å². The van der Waals surface area contributed by atoms with E-state index in [-0.39, 0.29) is 12.5 Å². The molecule has 0 radical (unpaired) electrons. The lowest BCUT2D eigenvalue weighted by atomic mass is 10.1. The lowest BCUT2D eigenvalue weighted by molar-refractivity contribution is -0.133. The Labute approximate surface area is 238 Å². The maximum Gasteiger partial charge on any atom is 0.260 e. The third-order valence-electron chi connectivity index (χ3n) is 6.78. The van der Waals surface area contributed by atoms with Crippen LogP contribution >= 0.6 is 23.2 Å². The highest BCUT2D eigenvalue weighted by atomic mass is 35.5. The number of rotatable bonds is 8. The third-order valence-corrected chi connectivity index (χ3v) is 7.26. The quantitative estimate of drug-likeness (QED) is 0.267. The summed E-state index contributed by atoms with van der Waals surface area (Å²) < 4.78 is 7.52. The Morgan fingerprint density at radius 1 is 1.00 bits per heavy atom. The first-order chi connectivity index (χ1) is 18.9. The Morgan fingerprint density at radius 3 is 2.59 bits per heavy atom. The van der Waals surface area contributed by atoms with Crippen LogP contribution in [0.1, 0.15) is 32.5 Å². The van der Waals surface area contributed by atoms with Gasteiger partial charge in [-0.25, -0.2) is 14.6 Å². The van der Waals surface area contributed by atoms with Gasteiger partial charge < -0.3 is 14.5 Å². The van der Waals surface area contributed by atoms with Crippen molar-refractivity contribution in [3.8, 4) is 11.4 Å². The highest BCUT2D eigenvalue weighted by Crippen LogP contribution is 2.28. The molecule has 0 aliphatic carbocycles. The summed E-state index contributed by atoms with van der Waals surface area (Å²) in [5.41, 5.74) is 1.61. The van der Waals surface area contributed by atoms with Gasteiger partial charge in [-0.15, -0.1) is 0 Å². The number of hydrogen-bond donors (Lipinski definition) is 0. The van der Waals surface area contributed by atoms with E-state index in [0.29, 0.717) is 41.3 Å². The number of fused-ring (bicyclic) bond motifs is 1. The van der Waals surface area contributed by atoms with Crippen molar-refractivity contribution in [3.63, 3.8) is 0 Å². The summed E-state index contributed by atoms with van der Waals surface area (Å²) in [5.74, 6) is 2.78. The maximum absolute atomic E-state index is 12.9. The van der Waals surface area contributed by atoms with E-state index >= 15 is 0 Å². The summed E-state index contributed by atoms with van der Waals surface area (Å²) in [4.78, 5) is 27.0. The normalized spacial score (nSPS) is 14.2. The van der Waals surface area contributed by atoms with E-state index < -0.39 is 0 Å². The van der Waals surface area contributed by atoms with Gasteiger partial charge in [-0.2, -0.15) is 5.10 Å². The lowest BCUT2D eigenvalue weighted by Crippen LogP contribution is -2.38. The number of nitrogens with zero attached hydrogens (tertiary/aromatic N) is 6. The standard InChI is InChI=1S/C29H32Cl2N6O2/c1-20(2)7-12-26-33-28(25-18-32-37(29(25)34-26)23-6-3-5-22(31)17-23)36-14-4-13-35(15-16-36)27(38)19-39-24-10-8-21(30)9-11-24/h3,5-6,8-11,17-18,20H,4,7,12-16,19H2,1-2H3. The molecular formula is C29H32Cl2N6O2. The highest BCUT2D eigenvalue weighted by Gasteiger charge is 2.24. The minimum atomic E-state index is -0.0361. The molecule has 4 aromatic rings. The van der Waals surface area contributed by atoms with Crippen LogP contribution in [-0.4, -0.2) is 63.3 Å². The summed E-state index contributed by atoms with van der Waals surface area (Å²) in [6.07, 6.45) is 4.42. The van der Waals surface area contributed by atoms with Crippen LogP contribution in [0.15, 0.2) is 54.7 Å². The van der Waals surface area contributed by atoms with Crippen molar-refractivity contribution >= 4 is 46.0 Å². The smallest absolute Gasteiger partial charge is 0.260 e. The van der Waals surface area contributed by atoms with E-state index in [1.165, 1.54) is 0 Å². The second-order valence-electron chi connectivity index (χ2n) is 10.1. The van der Waals surface area contributed by atoms with E-state index in [0.717, 1.165) is 54.2 Å². The van der Waals surface area contributed by atoms with E-state index in [1.807, 2.05) is 40.0 Å². The van der Waals surface area contributed by atoms with Crippen LogP contribution in [0.4, 0.5) is 5.82 Å². The summed E-state index contributed by atoms with van der Waals surface area (Å²) in [7, 11) is 0. The molecule has 0 spiro atoms. The molecule has 1 amide bonds. The van der Waals surface area contributed by atoms with E-state index in [9.17, 15) is 4.79 Å². The summed E-state index contributed by atoms with van der Waals surface area (Å²) in [6.45, 7) is 7.07. The summed E-state index contributed by atoms with van der Waals surface area (Å²) >= 11 is 12.2. The molecule has 1 aliphatic rings. The second-order valence-corrected chi connectivity index (χ2v) is 11.0. The minimum Gasteiger partial charge on any atom is -0.484 e. The zero-order valence-corrected chi connectivity index (χ0v) is 23.7. The molecule has 5 rings (SSSR count). The third kappa shape index (κ3) is 6.62. The van der Waals surface area contributed by atoms with Crippen molar-refractivity contribution in [1.82, 2.24) is 24.6 Å². The number of aryl methyl sites for hydroxylation is 1. The van der Waals surface area contributed by atoms with E-state index in [1.54, 1.807) is 24.3 Å². The maximum atomic E-state index is 12.9. The molecule has 1 saturated heterocycles. The molecule has 0 saturated carbocycles. The van der Waals surface area contributed by atoms with Crippen LogP contribution in [0.2, 0.25) is 10.0 Å². The van der Waals surface area contributed by atoms with Gasteiger partial charge in [0.2, 0.25) is 0 Å². The molecular weight excluding hydrogens is 535 g/mol. The number of aromatic nitrogens is 4. The van der Waals surface area contributed by atoms with Crippen molar-refractivity contribution in [3.05, 3.63) is 70.6 Å². The van der Waals surface area contributed by atoms with Crippen molar-refractivity contribution in [2.75, 3.05) is 37.7 Å². The van der Waals surface area contributed by atoms with Crippen molar-refractivity contribution < 1.29 is 9.53 Å². The molecule has 2 aromatic heterocycles. The molecule has 10 heteroatoms. The molecule has 0 atom stereocenters. The monoisotopic (exact) mass is 566 g/mol. The Hall–Kier alpha value is -3.36. The summed E-state index contributed by atoms with van der Waals surface area (Å²) in [6, 6.07) is 14.6. The van der Waals surface area contributed by atoms with Crippen molar-refractivity contribution in [1.29, 1.82) is 0 Å². The molecule has 204 valence electrons. The van der Waals surface area contributed by atoms with Crippen LogP contribution in [0.5, 0.6) is 5.75 Å². The largest absolute Gasteiger partial charge is 0.484 e. The molecule has 8 nitrogen and oxygen atoms in total. The SMILES string of the molecule is CC(C)CCc1nc(N2CCCN(C(=O)COc3ccc(Cl)cc3)CC2)c2cnn(-c3cccc(Cl)c3)c2n1. The minimum absolute atomic E-state index is 0.00879. The fourth-order valence-electron chi connectivity index (χ4n) is 4.65. The molecule has 39 heavy (non-hydrogen) atoms. The molecule has 2 aromatic carbocycles. The number of carbonyl (C=O) groups is 1. The van der Waals surface area contributed by atoms with Gasteiger partial charge in [0.05, 0.1) is 17.3 Å². The Balaban J connectivity index is 1.37. The average molecular weight is 568 g/mol. The Morgan fingerprint density at radius 2 is 1.82 bits per heavy atom. The Kier molecular flexibility index (Phi) is 8.53. The molecule has 1 aliphatic heterocycles. The first-order valence-corrected chi connectivity index (χ1v) is 14.0. The first kappa shape index (κ1) is 27.2. The average Bonchev–Trinajstić information content (AvgIpc) is 3.20. The number of benzene rings is 2. The van der Waals surface area contributed by atoms with Gasteiger partial charge in [0.1, 0.15) is 17.4 Å². The number of anilines is 1. The zero-order chi connectivity index (χ0) is 27.4. The van der Waals surface area contributed by atoms with Crippen LogP contribution in [0.25, 0.3) is 16.7 Å². The zero-order valence-electron chi connectivity index (χ0n) is 22.2. The van der Waals surface area contributed by atoms with E-state index in [2.05, 4.69) is 23.8 Å². The molecule has 1 fully saturated rings. The van der Waals surface area contributed by atoms with E-state index in [4.69, 9.17) is 37.9 Å². The van der Waals surface area contributed by atoms with Gasteiger partial charge in [0.25, 0.3) is 5.91 Å². The van der Waals surface area contributed by atoms with Gasteiger partial charge in [-0.3, -0.25) is 4.79 Å². The topological polar surface area (TPSA) is 76.4 Å². The predicted molar refractivity (Wildman–Crippen MR) is 155 cm³/mol. The van der Waals surface area contributed by atoms with Crippen LogP contribution < -0.4 is 9.64 Å². The predicted octanol–water partition coefficient (Wildman–Crippen LogP) is 5.83. The second kappa shape index (κ2) is 12.2. The molecule has 0 unspecified atom stereocenters. The highest BCUT2D eigenvalue weighted by molar-refractivity contribution is 6.31. The Bertz CT molecular complexity index is 1440. The lowest BCUT2D eigenvalue weighted by Gasteiger charge is -2.24. The van der Waals surface area contributed by atoms with Gasteiger partial charge in [-0.05, 0) is 61.2 Å². The van der Waals surface area contributed by atoms with Crippen molar-refractivity contribution in [2.45, 2.75) is 33.1 Å². The molecule has 3 heterocycles. The number of carbonyl (C=O) groups excluding carboxylic acids is 1.